The monoisotopic (exact) mass is 367 g/mol. The van der Waals surface area contributed by atoms with E-state index in [0.29, 0.717) is 24.0 Å². The number of hydrogen-bond donors (Lipinski definition) is 1. The fourth-order valence-electron chi connectivity index (χ4n) is 3.21. The molecule has 1 aliphatic rings. The Balaban J connectivity index is 2.42. The highest BCUT2D eigenvalue weighted by atomic mass is 31.2. The Morgan fingerprint density at radius 2 is 1.88 bits per heavy atom. The van der Waals surface area contributed by atoms with Gasteiger partial charge < -0.3 is 9.88 Å². The van der Waals surface area contributed by atoms with Crippen molar-refractivity contribution in [2.45, 2.75) is 26.8 Å². The van der Waals surface area contributed by atoms with Crippen LogP contribution in [0.25, 0.3) is 11.0 Å². The fraction of sp³-hybridized carbons (Fsp3) is 0.500. The standard InChI is InChI=1S/C16H22N3O5P/c1-4-23-25(22,24-5-2)19-14-12-8-9-18(3)10-11(12)6-7-13(14)17-15(20)16(19)21/h6-7H,4-5,8-10H2,1-3H3,(H,17,20). The molecule has 0 radical (unpaired) electrons. The first kappa shape index (κ1) is 18.1. The zero-order chi connectivity index (χ0) is 18.2. The molecule has 0 saturated carbocycles. The number of aromatic amines is 1. The molecule has 0 fully saturated rings. The predicted octanol–water partition coefficient (Wildman–Crippen LogP) is 1.71. The minimum atomic E-state index is -3.97. The van der Waals surface area contributed by atoms with Crippen molar-refractivity contribution in [3.8, 4) is 0 Å². The molecule has 0 unspecified atom stereocenters. The zero-order valence-corrected chi connectivity index (χ0v) is 15.5. The lowest BCUT2D eigenvalue weighted by atomic mass is 9.98. The van der Waals surface area contributed by atoms with Crippen LogP contribution in [0.2, 0.25) is 0 Å². The summed E-state index contributed by atoms with van der Waals surface area (Å²) in [4.78, 5) is 29.4. The SMILES string of the molecule is CCOP(=O)(OCC)n1c(=O)c(=O)[nH]c2ccc3c(c21)CCN(C)C3. The Bertz CT molecular complexity index is 955. The number of fused-ring (bicyclic) bond motifs is 3. The third-order valence-electron chi connectivity index (χ3n) is 4.24. The van der Waals surface area contributed by atoms with E-state index in [2.05, 4.69) is 9.88 Å². The topological polar surface area (TPSA) is 93.6 Å². The van der Waals surface area contributed by atoms with E-state index in [1.54, 1.807) is 19.9 Å². The van der Waals surface area contributed by atoms with Crippen LogP contribution < -0.4 is 11.1 Å². The Hall–Kier alpha value is -1.73. The number of likely N-dealkylation sites (N-methyl/N-ethyl adjacent to an activating group) is 1. The molecule has 1 aliphatic heterocycles. The number of hydrogen-bond acceptors (Lipinski definition) is 6. The van der Waals surface area contributed by atoms with E-state index in [9.17, 15) is 14.2 Å². The number of nitrogens with one attached hydrogen (secondary N) is 1. The molecule has 1 aromatic heterocycles. The molecule has 1 aromatic carbocycles. The van der Waals surface area contributed by atoms with E-state index < -0.39 is 18.9 Å². The average molecular weight is 367 g/mol. The molecule has 0 saturated heterocycles. The fourth-order valence-corrected chi connectivity index (χ4v) is 4.95. The van der Waals surface area contributed by atoms with Crippen molar-refractivity contribution in [2.75, 3.05) is 26.8 Å². The summed E-state index contributed by atoms with van der Waals surface area (Å²) in [6.07, 6.45) is 0.674. The molecule has 2 heterocycles. The number of H-pyrrole nitrogens is 1. The first-order valence-electron chi connectivity index (χ1n) is 8.29. The molecule has 25 heavy (non-hydrogen) atoms. The van der Waals surface area contributed by atoms with Crippen LogP contribution in [0.1, 0.15) is 25.0 Å². The van der Waals surface area contributed by atoms with Crippen LogP contribution in [0, 0.1) is 0 Å². The maximum atomic E-state index is 13.3. The highest BCUT2D eigenvalue weighted by molar-refractivity contribution is 7.52. The predicted molar refractivity (Wildman–Crippen MR) is 95.1 cm³/mol. The van der Waals surface area contributed by atoms with Crippen molar-refractivity contribution in [3.05, 3.63) is 44.0 Å². The van der Waals surface area contributed by atoms with Crippen molar-refractivity contribution in [2.24, 2.45) is 0 Å². The lowest BCUT2D eigenvalue weighted by Gasteiger charge is -2.28. The third kappa shape index (κ3) is 3.11. The van der Waals surface area contributed by atoms with Gasteiger partial charge in [-0.2, -0.15) is 0 Å². The van der Waals surface area contributed by atoms with E-state index in [-0.39, 0.29) is 13.2 Å². The normalized spacial score (nSPS) is 15.5. The second-order valence-electron chi connectivity index (χ2n) is 5.96. The van der Waals surface area contributed by atoms with Crippen LogP contribution in [0.5, 0.6) is 0 Å². The summed E-state index contributed by atoms with van der Waals surface area (Å²) in [7, 11) is -1.96. The summed E-state index contributed by atoms with van der Waals surface area (Å²) in [5.74, 6) is 0. The van der Waals surface area contributed by atoms with Crippen molar-refractivity contribution < 1.29 is 13.6 Å². The molecular weight excluding hydrogens is 345 g/mol. The van der Waals surface area contributed by atoms with Crippen LogP contribution in [0.4, 0.5) is 0 Å². The quantitative estimate of drug-likeness (QED) is 0.639. The summed E-state index contributed by atoms with van der Waals surface area (Å²) in [5, 5.41) is 0. The van der Waals surface area contributed by atoms with Crippen LogP contribution in [-0.4, -0.2) is 41.0 Å². The Kier molecular flexibility index (Phi) is 4.97. The molecule has 2 aromatic rings. The number of nitrogens with zero attached hydrogens (tertiary/aromatic N) is 2. The van der Waals surface area contributed by atoms with Gasteiger partial charge in [-0.1, -0.05) is 6.07 Å². The third-order valence-corrected chi connectivity index (χ3v) is 6.28. The van der Waals surface area contributed by atoms with E-state index >= 15 is 0 Å². The van der Waals surface area contributed by atoms with Crippen LogP contribution >= 0.6 is 7.75 Å². The molecule has 0 spiro atoms. The lowest BCUT2D eigenvalue weighted by molar-refractivity contribution is 0.212. The van der Waals surface area contributed by atoms with E-state index in [1.807, 2.05) is 13.1 Å². The smallest absolute Gasteiger partial charge is 0.316 e. The van der Waals surface area contributed by atoms with Crippen LogP contribution in [-0.2, 0) is 26.6 Å². The number of benzene rings is 1. The van der Waals surface area contributed by atoms with Crippen molar-refractivity contribution in [1.82, 2.24) is 14.2 Å². The van der Waals surface area contributed by atoms with Gasteiger partial charge in [-0.05, 0) is 44.5 Å². The molecule has 8 nitrogen and oxygen atoms in total. The summed E-state index contributed by atoms with van der Waals surface area (Å²) in [5.41, 5.74) is 1.03. The molecule has 0 atom stereocenters. The van der Waals surface area contributed by atoms with Crippen molar-refractivity contribution in [1.29, 1.82) is 0 Å². The van der Waals surface area contributed by atoms with E-state index in [4.69, 9.17) is 9.05 Å². The number of rotatable bonds is 5. The van der Waals surface area contributed by atoms with E-state index in [1.165, 1.54) is 0 Å². The van der Waals surface area contributed by atoms with Gasteiger partial charge in [0.2, 0.25) is 0 Å². The largest absolute Gasteiger partial charge is 0.442 e. The minimum Gasteiger partial charge on any atom is -0.316 e. The second kappa shape index (κ2) is 6.88. The van der Waals surface area contributed by atoms with Gasteiger partial charge in [0.25, 0.3) is 0 Å². The maximum absolute atomic E-state index is 13.3. The van der Waals surface area contributed by atoms with Crippen molar-refractivity contribution in [3.63, 3.8) is 0 Å². The average Bonchev–Trinajstić information content (AvgIpc) is 2.56. The Morgan fingerprint density at radius 3 is 2.52 bits per heavy atom. The van der Waals surface area contributed by atoms with Gasteiger partial charge >= 0.3 is 18.9 Å². The van der Waals surface area contributed by atoms with Gasteiger partial charge in [0.15, 0.2) is 0 Å². The highest BCUT2D eigenvalue weighted by Crippen LogP contribution is 2.50. The molecule has 0 aliphatic carbocycles. The van der Waals surface area contributed by atoms with Gasteiger partial charge in [0.1, 0.15) is 0 Å². The first-order chi connectivity index (χ1) is 11.9. The molecule has 3 rings (SSSR count). The van der Waals surface area contributed by atoms with Gasteiger partial charge in [0, 0.05) is 13.1 Å². The van der Waals surface area contributed by atoms with Gasteiger partial charge in [0.05, 0.1) is 24.2 Å². The van der Waals surface area contributed by atoms with E-state index in [0.717, 1.165) is 22.0 Å². The maximum Gasteiger partial charge on any atom is 0.442 e. The summed E-state index contributed by atoms with van der Waals surface area (Å²) < 4.78 is 24.9. The second-order valence-corrected chi connectivity index (χ2v) is 7.82. The summed E-state index contributed by atoms with van der Waals surface area (Å²) in [6.45, 7) is 5.03. The Labute approximate surface area is 145 Å². The molecule has 1 N–H and O–H groups in total. The van der Waals surface area contributed by atoms with Gasteiger partial charge in [-0.25, -0.2) is 8.90 Å². The van der Waals surface area contributed by atoms with Crippen molar-refractivity contribution >= 4 is 18.8 Å². The lowest BCUT2D eigenvalue weighted by Crippen LogP contribution is -2.37. The summed E-state index contributed by atoms with van der Waals surface area (Å²) in [6, 6.07) is 3.65. The van der Waals surface area contributed by atoms with Crippen LogP contribution in [0.3, 0.4) is 0 Å². The highest BCUT2D eigenvalue weighted by Gasteiger charge is 2.33. The Morgan fingerprint density at radius 1 is 1.20 bits per heavy atom. The molecule has 136 valence electrons. The number of aromatic nitrogens is 2. The van der Waals surface area contributed by atoms with Gasteiger partial charge in [-0.3, -0.25) is 18.6 Å². The zero-order valence-electron chi connectivity index (χ0n) is 14.6. The van der Waals surface area contributed by atoms with Gasteiger partial charge in [-0.15, -0.1) is 0 Å². The summed E-state index contributed by atoms with van der Waals surface area (Å²) >= 11 is 0. The minimum absolute atomic E-state index is 0.0930. The molecule has 9 heteroatoms. The molecular formula is C16H22N3O5P. The first-order valence-corrected chi connectivity index (χ1v) is 9.79. The molecule has 0 bridgehead atoms. The molecule has 0 amide bonds. The van der Waals surface area contributed by atoms with Crippen LogP contribution in [0.15, 0.2) is 21.7 Å².